The Labute approximate surface area is 115 Å². The number of amides is 1. The third-order valence-corrected chi connectivity index (χ3v) is 3.35. The van der Waals surface area contributed by atoms with E-state index >= 15 is 0 Å². The van der Waals surface area contributed by atoms with Gasteiger partial charge in [-0.1, -0.05) is 38.1 Å². The van der Waals surface area contributed by atoms with Gasteiger partial charge in [0.2, 0.25) is 0 Å². The molecule has 0 bridgehead atoms. The van der Waals surface area contributed by atoms with Crippen molar-refractivity contribution in [3.63, 3.8) is 0 Å². The molecule has 3 heteroatoms. The zero-order chi connectivity index (χ0) is 14.3. The molecule has 0 atom stereocenters. The lowest BCUT2D eigenvalue weighted by molar-refractivity contribution is 0.0174. The third-order valence-electron chi connectivity index (χ3n) is 3.35. The van der Waals surface area contributed by atoms with Crippen LogP contribution in [0.3, 0.4) is 0 Å². The second-order valence-electron chi connectivity index (χ2n) is 6.88. The van der Waals surface area contributed by atoms with E-state index in [0.29, 0.717) is 13.1 Å². The van der Waals surface area contributed by atoms with Crippen LogP contribution < -0.4 is 0 Å². The molecule has 0 saturated heterocycles. The maximum atomic E-state index is 12.2. The van der Waals surface area contributed by atoms with Gasteiger partial charge in [-0.2, -0.15) is 0 Å². The second-order valence-corrected chi connectivity index (χ2v) is 6.88. The van der Waals surface area contributed by atoms with E-state index in [-0.39, 0.29) is 11.5 Å². The van der Waals surface area contributed by atoms with Crippen LogP contribution in [0.5, 0.6) is 0 Å². The van der Waals surface area contributed by atoms with Gasteiger partial charge in [0.15, 0.2) is 0 Å². The molecule has 19 heavy (non-hydrogen) atoms. The van der Waals surface area contributed by atoms with Gasteiger partial charge in [0.25, 0.3) is 0 Å². The molecular weight excluding hydrogens is 238 g/mol. The molecule has 0 N–H and O–H groups in total. The van der Waals surface area contributed by atoms with Crippen molar-refractivity contribution in [2.45, 2.75) is 52.2 Å². The number of benzene rings is 1. The second kappa shape index (κ2) is 4.55. The Balaban J connectivity index is 2.23. The monoisotopic (exact) mass is 261 g/mol. The van der Waals surface area contributed by atoms with Crippen molar-refractivity contribution in [2.24, 2.45) is 0 Å². The summed E-state index contributed by atoms with van der Waals surface area (Å²) >= 11 is 0. The molecule has 0 saturated carbocycles. The molecule has 0 fully saturated rings. The normalized spacial score (nSPS) is 17.8. The maximum Gasteiger partial charge on any atom is 0.410 e. The molecule has 0 aromatic heterocycles. The van der Waals surface area contributed by atoms with Gasteiger partial charge in [0.05, 0.1) is 0 Å². The maximum absolute atomic E-state index is 12.2. The van der Waals surface area contributed by atoms with Gasteiger partial charge in [-0.15, -0.1) is 0 Å². The molecule has 0 radical (unpaired) electrons. The molecule has 3 nitrogen and oxygen atoms in total. The van der Waals surface area contributed by atoms with Crippen LogP contribution in [-0.2, 0) is 16.7 Å². The molecule has 1 heterocycles. The van der Waals surface area contributed by atoms with E-state index in [1.807, 2.05) is 26.8 Å². The number of carbonyl (C=O) groups is 1. The zero-order valence-corrected chi connectivity index (χ0v) is 12.5. The highest BCUT2D eigenvalue weighted by molar-refractivity contribution is 5.69. The fraction of sp³-hybridized carbons (Fsp3) is 0.562. The van der Waals surface area contributed by atoms with Crippen molar-refractivity contribution in [2.75, 3.05) is 6.54 Å². The van der Waals surface area contributed by atoms with Crippen molar-refractivity contribution in [1.82, 2.24) is 4.90 Å². The van der Waals surface area contributed by atoms with E-state index in [0.717, 1.165) is 0 Å². The van der Waals surface area contributed by atoms with Crippen LogP contribution in [0.1, 0.15) is 45.7 Å². The predicted octanol–water partition coefficient (Wildman–Crippen LogP) is 3.71. The van der Waals surface area contributed by atoms with Gasteiger partial charge in [0, 0.05) is 18.5 Å². The zero-order valence-electron chi connectivity index (χ0n) is 12.5. The first-order valence-corrected chi connectivity index (χ1v) is 6.75. The predicted molar refractivity (Wildman–Crippen MR) is 76.1 cm³/mol. The summed E-state index contributed by atoms with van der Waals surface area (Å²) in [5.41, 5.74) is 2.06. The summed E-state index contributed by atoms with van der Waals surface area (Å²) in [6.45, 7) is 11.4. The lowest BCUT2D eigenvalue weighted by Crippen LogP contribution is -2.46. The first kappa shape index (κ1) is 13.9. The highest BCUT2D eigenvalue weighted by Crippen LogP contribution is 2.33. The van der Waals surface area contributed by atoms with Crippen LogP contribution in [0.4, 0.5) is 4.79 Å². The summed E-state index contributed by atoms with van der Waals surface area (Å²) < 4.78 is 5.47. The minimum absolute atomic E-state index is 0.0360. The molecule has 1 amide bonds. The number of rotatable bonds is 0. The Morgan fingerprint density at radius 3 is 2.53 bits per heavy atom. The molecule has 1 aromatic carbocycles. The summed E-state index contributed by atoms with van der Waals surface area (Å²) in [5, 5.41) is 0. The van der Waals surface area contributed by atoms with Gasteiger partial charge in [-0.05, 0) is 31.9 Å². The Morgan fingerprint density at radius 1 is 1.26 bits per heavy atom. The van der Waals surface area contributed by atoms with Crippen molar-refractivity contribution in [3.05, 3.63) is 35.4 Å². The number of fused-ring (bicyclic) bond motifs is 1. The largest absolute Gasteiger partial charge is 0.444 e. The third kappa shape index (κ3) is 3.09. The molecular formula is C16H23NO2. The standard InChI is InChI=1S/C16H23NO2/c1-15(2,3)19-14(18)17-10-12-8-6-7-9-13(12)16(4,5)11-17/h6-9H,10-11H2,1-5H3. The fourth-order valence-corrected chi connectivity index (χ4v) is 2.60. The number of hydrogen-bond acceptors (Lipinski definition) is 2. The average Bonchev–Trinajstić information content (AvgIpc) is 2.25. The molecule has 1 aliphatic heterocycles. The van der Waals surface area contributed by atoms with Gasteiger partial charge < -0.3 is 9.64 Å². The first-order chi connectivity index (χ1) is 8.69. The smallest absolute Gasteiger partial charge is 0.410 e. The van der Waals surface area contributed by atoms with Crippen molar-refractivity contribution < 1.29 is 9.53 Å². The molecule has 0 unspecified atom stereocenters. The number of nitrogens with zero attached hydrogens (tertiary/aromatic N) is 1. The lowest BCUT2D eigenvalue weighted by atomic mass is 9.78. The van der Waals surface area contributed by atoms with Crippen LogP contribution in [0.2, 0.25) is 0 Å². The highest BCUT2D eigenvalue weighted by atomic mass is 16.6. The van der Waals surface area contributed by atoms with E-state index < -0.39 is 5.60 Å². The number of ether oxygens (including phenoxy) is 1. The van der Waals surface area contributed by atoms with Gasteiger partial charge in [-0.25, -0.2) is 4.79 Å². The van der Waals surface area contributed by atoms with E-state index in [2.05, 4.69) is 32.0 Å². The van der Waals surface area contributed by atoms with E-state index in [4.69, 9.17) is 4.74 Å². The summed E-state index contributed by atoms with van der Waals surface area (Å²) in [4.78, 5) is 14.0. The van der Waals surface area contributed by atoms with Crippen LogP contribution >= 0.6 is 0 Å². The Kier molecular flexibility index (Phi) is 3.33. The molecule has 1 aliphatic rings. The van der Waals surface area contributed by atoms with Crippen molar-refractivity contribution >= 4 is 6.09 Å². The lowest BCUT2D eigenvalue weighted by Gasteiger charge is -2.40. The highest BCUT2D eigenvalue weighted by Gasteiger charge is 2.35. The number of hydrogen-bond donors (Lipinski definition) is 0. The molecule has 0 aliphatic carbocycles. The quantitative estimate of drug-likeness (QED) is 0.712. The van der Waals surface area contributed by atoms with E-state index in [1.165, 1.54) is 11.1 Å². The topological polar surface area (TPSA) is 29.5 Å². The summed E-state index contributed by atoms with van der Waals surface area (Å²) in [6, 6.07) is 8.33. The Hall–Kier alpha value is -1.51. The average molecular weight is 261 g/mol. The van der Waals surface area contributed by atoms with Crippen molar-refractivity contribution in [1.29, 1.82) is 0 Å². The van der Waals surface area contributed by atoms with E-state index in [1.54, 1.807) is 4.90 Å². The minimum Gasteiger partial charge on any atom is -0.444 e. The first-order valence-electron chi connectivity index (χ1n) is 6.75. The minimum atomic E-state index is -0.446. The van der Waals surface area contributed by atoms with Gasteiger partial charge in [-0.3, -0.25) is 0 Å². The Bertz CT molecular complexity index is 486. The summed E-state index contributed by atoms with van der Waals surface area (Å²) in [5.74, 6) is 0. The molecule has 1 aromatic rings. The van der Waals surface area contributed by atoms with Crippen LogP contribution in [0.25, 0.3) is 0 Å². The summed E-state index contributed by atoms with van der Waals surface area (Å²) in [7, 11) is 0. The SMILES string of the molecule is CC(C)(C)OC(=O)N1Cc2ccccc2C(C)(C)C1. The van der Waals surface area contributed by atoms with Gasteiger partial charge in [0.1, 0.15) is 5.60 Å². The fourth-order valence-electron chi connectivity index (χ4n) is 2.60. The van der Waals surface area contributed by atoms with Gasteiger partial charge >= 0.3 is 6.09 Å². The molecule has 104 valence electrons. The van der Waals surface area contributed by atoms with Crippen LogP contribution in [-0.4, -0.2) is 23.1 Å². The van der Waals surface area contributed by atoms with Crippen LogP contribution in [0.15, 0.2) is 24.3 Å². The molecule has 0 spiro atoms. The van der Waals surface area contributed by atoms with Crippen LogP contribution in [0, 0.1) is 0 Å². The van der Waals surface area contributed by atoms with E-state index in [9.17, 15) is 4.79 Å². The van der Waals surface area contributed by atoms with Crippen molar-refractivity contribution in [3.8, 4) is 0 Å². The molecule has 2 rings (SSSR count). The Morgan fingerprint density at radius 2 is 1.89 bits per heavy atom. The summed E-state index contributed by atoms with van der Waals surface area (Å²) in [6.07, 6.45) is -0.227. The number of carbonyl (C=O) groups excluding carboxylic acids is 1.